The molecule has 1 aromatic heterocycles. The van der Waals surface area contributed by atoms with Crippen molar-refractivity contribution in [1.29, 1.82) is 0 Å². The smallest absolute Gasteiger partial charge is 0.229 e. The van der Waals surface area contributed by atoms with Gasteiger partial charge in [-0.3, -0.25) is 9.69 Å². The van der Waals surface area contributed by atoms with Crippen molar-refractivity contribution in [1.82, 2.24) is 4.98 Å². The Bertz CT molecular complexity index is 451. The Morgan fingerprint density at radius 1 is 1.81 bits per heavy atom. The molecule has 1 amide bonds. The van der Waals surface area contributed by atoms with Crippen molar-refractivity contribution < 1.29 is 4.79 Å². The number of thiazole rings is 1. The van der Waals surface area contributed by atoms with Gasteiger partial charge in [-0.25, -0.2) is 4.98 Å². The molecule has 1 fully saturated rings. The predicted octanol–water partition coefficient (Wildman–Crippen LogP) is 2.11. The quantitative estimate of drug-likeness (QED) is 0.458. The molecule has 16 heavy (non-hydrogen) atoms. The van der Waals surface area contributed by atoms with E-state index in [0.717, 1.165) is 10.0 Å². The van der Waals surface area contributed by atoms with Crippen LogP contribution in [0.2, 0.25) is 0 Å². The van der Waals surface area contributed by atoms with Gasteiger partial charge in [0.25, 0.3) is 0 Å². The van der Waals surface area contributed by atoms with Gasteiger partial charge < -0.3 is 0 Å². The molecule has 84 valence electrons. The summed E-state index contributed by atoms with van der Waals surface area (Å²) in [5.74, 6) is 0.181. The lowest BCUT2D eigenvalue weighted by molar-refractivity contribution is -0.117. The van der Waals surface area contributed by atoms with Crippen molar-refractivity contribution in [3.05, 3.63) is 21.5 Å². The molecule has 0 saturated carbocycles. The molecular weight excluding hydrogens is 226 g/mol. The fourth-order valence-corrected chi connectivity index (χ4v) is 2.49. The highest BCUT2D eigenvalue weighted by Crippen LogP contribution is 2.28. The maximum absolute atomic E-state index is 11.7. The third kappa shape index (κ3) is 2.15. The molecule has 1 aliphatic rings. The Labute approximate surface area is 96.5 Å². The number of hydrogen-bond donors (Lipinski definition) is 0. The summed E-state index contributed by atoms with van der Waals surface area (Å²) in [6, 6.07) is 0. The minimum Gasteiger partial charge on any atom is -0.288 e. The SMILES string of the molecule is Cc1cnc(N2CC(CN=[N+]=[N-])CC2=O)s1. The van der Waals surface area contributed by atoms with Crippen LogP contribution in [0.4, 0.5) is 5.13 Å². The van der Waals surface area contributed by atoms with Crippen molar-refractivity contribution in [2.24, 2.45) is 11.0 Å². The first-order valence-electron chi connectivity index (χ1n) is 4.94. The highest BCUT2D eigenvalue weighted by atomic mass is 32.1. The summed E-state index contributed by atoms with van der Waals surface area (Å²) < 4.78 is 0. The molecule has 0 spiro atoms. The van der Waals surface area contributed by atoms with Gasteiger partial charge in [-0.05, 0) is 18.4 Å². The Morgan fingerprint density at radius 3 is 3.25 bits per heavy atom. The molecule has 2 rings (SSSR count). The monoisotopic (exact) mass is 237 g/mol. The minimum absolute atomic E-state index is 0.0625. The van der Waals surface area contributed by atoms with Crippen LogP contribution in [0.5, 0.6) is 0 Å². The molecule has 0 aliphatic carbocycles. The van der Waals surface area contributed by atoms with Crippen molar-refractivity contribution in [3.8, 4) is 0 Å². The van der Waals surface area contributed by atoms with Gasteiger partial charge >= 0.3 is 0 Å². The summed E-state index contributed by atoms with van der Waals surface area (Å²) in [6.45, 7) is 2.94. The molecule has 1 atom stereocenters. The lowest BCUT2D eigenvalue weighted by atomic mass is 10.1. The highest BCUT2D eigenvalue weighted by molar-refractivity contribution is 7.15. The minimum atomic E-state index is 0.0625. The first-order valence-corrected chi connectivity index (χ1v) is 5.76. The topological polar surface area (TPSA) is 82.0 Å². The van der Waals surface area contributed by atoms with Crippen molar-refractivity contribution in [2.75, 3.05) is 18.0 Å². The second-order valence-electron chi connectivity index (χ2n) is 3.74. The maximum Gasteiger partial charge on any atom is 0.229 e. The van der Waals surface area contributed by atoms with Gasteiger partial charge in [0.15, 0.2) is 5.13 Å². The molecule has 0 aromatic carbocycles. The number of carbonyl (C=O) groups excluding carboxylic acids is 1. The Morgan fingerprint density at radius 2 is 2.62 bits per heavy atom. The zero-order valence-electron chi connectivity index (χ0n) is 8.83. The van der Waals surface area contributed by atoms with Crippen LogP contribution in [0.15, 0.2) is 11.3 Å². The molecule has 1 aliphatic heterocycles. The fourth-order valence-electron chi connectivity index (χ4n) is 1.71. The molecule has 1 saturated heterocycles. The van der Waals surface area contributed by atoms with E-state index in [1.54, 1.807) is 11.1 Å². The van der Waals surface area contributed by atoms with Crippen LogP contribution in [0.25, 0.3) is 10.4 Å². The van der Waals surface area contributed by atoms with Crippen LogP contribution in [0, 0.1) is 12.8 Å². The van der Waals surface area contributed by atoms with Crippen molar-refractivity contribution in [3.63, 3.8) is 0 Å². The Balaban J connectivity index is 2.07. The van der Waals surface area contributed by atoms with E-state index < -0.39 is 0 Å². The lowest BCUT2D eigenvalue weighted by Gasteiger charge is -2.11. The largest absolute Gasteiger partial charge is 0.288 e. The van der Waals surface area contributed by atoms with Gasteiger partial charge in [-0.1, -0.05) is 5.11 Å². The third-order valence-corrected chi connectivity index (χ3v) is 3.38. The molecule has 1 aromatic rings. The van der Waals surface area contributed by atoms with Crippen molar-refractivity contribution >= 4 is 22.4 Å². The average molecular weight is 237 g/mol. The molecule has 0 bridgehead atoms. The van der Waals surface area contributed by atoms with E-state index in [4.69, 9.17) is 5.53 Å². The number of amides is 1. The van der Waals surface area contributed by atoms with E-state index in [2.05, 4.69) is 15.0 Å². The number of nitrogens with zero attached hydrogens (tertiary/aromatic N) is 5. The second-order valence-corrected chi connectivity index (χ2v) is 4.95. The number of anilines is 1. The van der Waals surface area contributed by atoms with Gasteiger partial charge in [0.2, 0.25) is 5.91 Å². The molecule has 0 radical (unpaired) electrons. The van der Waals surface area contributed by atoms with Crippen LogP contribution in [-0.2, 0) is 4.79 Å². The van der Waals surface area contributed by atoms with E-state index >= 15 is 0 Å². The zero-order valence-corrected chi connectivity index (χ0v) is 9.65. The molecule has 6 nitrogen and oxygen atoms in total. The van der Waals surface area contributed by atoms with Gasteiger partial charge in [0, 0.05) is 35.5 Å². The number of aromatic nitrogens is 1. The van der Waals surface area contributed by atoms with E-state index in [0.29, 0.717) is 19.5 Å². The van der Waals surface area contributed by atoms with Crippen LogP contribution >= 0.6 is 11.3 Å². The van der Waals surface area contributed by atoms with Gasteiger partial charge in [-0.2, -0.15) is 0 Å². The first-order chi connectivity index (χ1) is 7.70. The predicted molar refractivity (Wildman–Crippen MR) is 61.3 cm³/mol. The molecular formula is C9H11N5OS. The third-order valence-electron chi connectivity index (χ3n) is 2.45. The van der Waals surface area contributed by atoms with Gasteiger partial charge in [0.05, 0.1) is 0 Å². The number of azide groups is 1. The maximum atomic E-state index is 11.7. The van der Waals surface area contributed by atoms with E-state index in [1.807, 2.05) is 6.92 Å². The van der Waals surface area contributed by atoms with E-state index in [9.17, 15) is 4.79 Å². The van der Waals surface area contributed by atoms with E-state index in [-0.39, 0.29) is 11.8 Å². The highest BCUT2D eigenvalue weighted by Gasteiger charge is 2.31. The molecule has 1 unspecified atom stereocenters. The second kappa shape index (κ2) is 4.51. The Hall–Kier alpha value is -1.59. The standard InChI is InChI=1S/C9H11N5OS/c1-6-3-11-9(16-6)14-5-7(2-8(14)15)4-12-13-10/h3,7H,2,4-5H2,1H3. The summed E-state index contributed by atoms with van der Waals surface area (Å²) >= 11 is 1.51. The summed E-state index contributed by atoms with van der Waals surface area (Å²) in [5.41, 5.74) is 8.23. The number of carbonyl (C=O) groups is 1. The average Bonchev–Trinajstić information content (AvgIpc) is 2.82. The van der Waals surface area contributed by atoms with Gasteiger partial charge in [0.1, 0.15) is 0 Å². The van der Waals surface area contributed by atoms with Crippen molar-refractivity contribution in [2.45, 2.75) is 13.3 Å². The summed E-state index contributed by atoms with van der Waals surface area (Å²) in [7, 11) is 0. The summed E-state index contributed by atoms with van der Waals surface area (Å²) in [6.07, 6.45) is 2.20. The number of hydrogen-bond acceptors (Lipinski definition) is 4. The number of aryl methyl sites for hydroxylation is 1. The zero-order chi connectivity index (χ0) is 11.5. The molecule has 2 heterocycles. The molecule has 7 heteroatoms. The van der Waals surface area contributed by atoms with Crippen LogP contribution < -0.4 is 4.90 Å². The first kappa shape index (κ1) is 10.9. The lowest BCUT2D eigenvalue weighted by Crippen LogP contribution is -2.24. The van der Waals surface area contributed by atoms with Crippen LogP contribution in [0.3, 0.4) is 0 Å². The number of rotatable bonds is 3. The van der Waals surface area contributed by atoms with E-state index in [1.165, 1.54) is 11.3 Å². The van der Waals surface area contributed by atoms with Crippen LogP contribution in [-0.4, -0.2) is 24.0 Å². The van der Waals surface area contributed by atoms with Crippen LogP contribution in [0.1, 0.15) is 11.3 Å². The fraction of sp³-hybridized carbons (Fsp3) is 0.556. The van der Waals surface area contributed by atoms with Gasteiger partial charge in [-0.15, -0.1) is 11.3 Å². The summed E-state index contributed by atoms with van der Waals surface area (Å²) in [5, 5.41) is 4.25. The molecule has 0 N–H and O–H groups in total. The Kier molecular flexibility index (Phi) is 3.07. The summed E-state index contributed by atoms with van der Waals surface area (Å²) in [4.78, 5) is 21.4. The normalized spacial score (nSPS) is 19.9.